The number of hydrogen-bond acceptors (Lipinski definition) is 3. The second-order valence-corrected chi connectivity index (χ2v) is 6.02. The number of halogens is 1. The molecule has 0 radical (unpaired) electrons. The summed E-state index contributed by atoms with van der Waals surface area (Å²) >= 11 is 0. The number of carboxylic acid groups (broad SMARTS) is 1. The van der Waals surface area contributed by atoms with Gasteiger partial charge in [-0.1, -0.05) is 30.3 Å². The maximum atomic E-state index is 13.5. The Labute approximate surface area is 121 Å². The van der Waals surface area contributed by atoms with E-state index in [1.807, 2.05) is 0 Å². The highest BCUT2D eigenvalue weighted by molar-refractivity contribution is 7.89. The van der Waals surface area contributed by atoms with E-state index < -0.39 is 27.4 Å². The molecule has 0 atom stereocenters. The van der Waals surface area contributed by atoms with Crippen LogP contribution in [-0.4, -0.2) is 19.5 Å². The van der Waals surface area contributed by atoms with E-state index in [1.54, 1.807) is 30.3 Å². The predicted molar refractivity (Wildman–Crippen MR) is 73.8 cm³/mol. The molecule has 0 aliphatic heterocycles. The highest BCUT2D eigenvalue weighted by Crippen LogP contribution is 2.15. The monoisotopic (exact) mass is 309 g/mol. The highest BCUT2D eigenvalue weighted by Gasteiger charge is 2.18. The molecule has 0 aliphatic rings. The highest BCUT2D eigenvalue weighted by atomic mass is 32.2. The molecule has 0 amide bonds. The van der Waals surface area contributed by atoms with Crippen molar-refractivity contribution in [3.8, 4) is 0 Å². The molecule has 110 valence electrons. The first-order chi connectivity index (χ1) is 9.90. The lowest BCUT2D eigenvalue weighted by molar-refractivity contribution is 0.0691. The van der Waals surface area contributed by atoms with Crippen LogP contribution in [0.5, 0.6) is 0 Å². The minimum Gasteiger partial charge on any atom is -0.478 e. The van der Waals surface area contributed by atoms with Crippen molar-refractivity contribution in [1.82, 2.24) is 4.72 Å². The van der Waals surface area contributed by atoms with Gasteiger partial charge >= 0.3 is 5.97 Å². The van der Waals surface area contributed by atoms with Crippen molar-refractivity contribution in [3.05, 3.63) is 65.5 Å². The quantitative estimate of drug-likeness (QED) is 0.885. The van der Waals surface area contributed by atoms with Crippen LogP contribution in [0.3, 0.4) is 0 Å². The van der Waals surface area contributed by atoms with Crippen LogP contribution in [0.25, 0.3) is 0 Å². The van der Waals surface area contributed by atoms with E-state index in [4.69, 9.17) is 5.11 Å². The van der Waals surface area contributed by atoms with Crippen LogP contribution in [0.4, 0.5) is 4.39 Å². The van der Waals surface area contributed by atoms with E-state index in [-0.39, 0.29) is 11.4 Å². The number of carbonyl (C=O) groups is 1. The van der Waals surface area contributed by atoms with Crippen molar-refractivity contribution in [2.45, 2.75) is 11.4 Å². The summed E-state index contributed by atoms with van der Waals surface area (Å²) in [6.45, 7) is 0.0610. The van der Waals surface area contributed by atoms with E-state index in [1.165, 1.54) is 0 Å². The first kappa shape index (κ1) is 15.1. The Hall–Kier alpha value is -2.25. The zero-order chi connectivity index (χ0) is 15.5. The first-order valence-electron chi connectivity index (χ1n) is 5.96. The molecular formula is C14H12FNO4S. The average Bonchev–Trinajstić information content (AvgIpc) is 2.46. The zero-order valence-electron chi connectivity index (χ0n) is 10.8. The van der Waals surface area contributed by atoms with Crippen LogP contribution >= 0.6 is 0 Å². The summed E-state index contributed by atoms with van der Waals surface area (Å²) in [4.78, 5) is 10.4. The van der Waals surface area contributed by atoms with E-state index in [9.17, 15) is 17.6 Å². The summed E-state index contributed by atoms with van der Waals surface area (Å²) in [6, 6.07) is 11.5. The lowest BCUT2D eigenvalue weighted by atomic mass is 10.2. The molecule has 0 bridgehead atoms. The van der Waals surface area contributed by atoms with Gasteiger partial charge in [-0.05, 0) is 23.8 Å². The number of rotatable bonds is 5. The lowest BCUT2D eigenvalue weighted by Crippen LogP contribution is -2.23. The Morgan fingerprint density at radius 1 is 1.14 bits per heavy atom. The van der Waals surface area contributed by atoms with Crippen LogP contribution in [0, 0.1) is 5.82 Å². The second-order valence-electron chi connectivity index (χ2n) is 4.26. The Morgan fingerprint density at radius 3 is 2.38 bits per heavy atom. The van der Waals surface area contributed by atoms with Crippen molar-refractivity contribution < 1.29 is 22.7 Å². The number of carboxylic acids is 1. The van der Waals surface area contributed by atoms with Crippen LogP contribution in [0.15, 0.2) is 53.4 Å². The van der Waals surface area contributed by atoms with Crippen molar-refractivity contribution in [3.63, 3.8) is 0 Å². The fourth-order valence-corrected chi connectivity index (χ4v) is 2.72. The summed E-state index contributed by atoms with van der Waals surface area (Å²) < 4.78 is 39.9. The van der Waals surface area contributed by atoms with Crippen molar-refractivity contribution in [2.24, 2.45) is 0 Å². The van der Waals surface area contributed by atoms with Crippen LogP contribution in [0.2, 0.25) is 0 Å². The first-order valence-corrected chi connectivity index (χ1v) is 7.45. The van der Waals surface area contributed by atoms with Crippen molar-refractivity contribution in [1.29, 1.82) is 0 Å². The molecule has 2 aromatic rings. The lowest BCUT2D eigenvalue weighted by Gasteiger charge is -2.07. The number of benzene rings is 2. The summed E-state index contributed by atoms with van der Waals surface area (Å²) in [5.74, 6) is -2.54. The van der Waals surface area contributed by atoms with Gasteiger partial charge in [-0.2, -0.15) is 0 Å². The second kappa shape index (κ2) is 6.02. The van der Waals surface area contributed by atoms with Gasteiger partial charge in [0.15, 0.2) is 0 Å². The SMILES string of the molecule is O=C(O)c1ccc(S(=O)(=O)NCc2ccccc2)cc1F. The van der Waals surface area contributed by atoms with E-state index >= 15 is 0 Å². The number of sulfonamides is 1. The summed E-state index contributed by atoms with van der Waals surface area (Å²) in [7, 11) is -3.91. The molecule has 0 saturated heterocycles. The Bertz CT molecular complexity index is 760. The molecule has 0 heterocycles. The molecule has 21 heavy (non-hydrogen) atoms. The van der Waals surface area contributed by atoms with Crippen molar-refractivity contribution in [2.75, 3.05) is 0 Å². The third kappa shape index (κ3) is 3.65. The van der Waals surface area contributed by atoms with E-state index in [0.29, 0.717) is 6.07 Å². The van der Waals surface area contributed by atoms with Gasteiger partial charge in [0, 0.05) is 6.54 Å². The Balaban J connectivity index is 2.20. The van der Waals surface area contributed by atoms with E-state index in [0.717, 1.165) is 17.7 Å². The van der Waals surface area contributed by atoms with Gasteiger partial charge in [-0.15, -0.1) is 0 Å². The molecular weight excluding hydrogens is 297 g/mol. The standard InChI is InChI=1S/C14H12FNO4S/c15-13-8-11(6-7-12(13)14(17)18)21(19,20)16-9-10-4-2-1-3-5-10/h1-8,16H,9H2,(H,17,18). The van der Waals surface area contributed by atoms with Gasteiger partial charge in [0.25, 0.3) is 0 Å². The minimum atomic E-state index is -3.91. The summed E-state index contributed by atoms with van der Waals surface area (Å²) in [5, 5.41) is 8.71. The number of aromatic carboxylic acids is 1. The molecule has 0 fully saturated rings. The molecule has 0 spiro atoms. The molecule has 5 nitrogen and oxygen atoms in total. The molecule has 0 unspecified atom stereocenters. The van der Waals surface area contributed by atoms with Gasteiger partial charge in [-0.25, -0.2) is 22.3 Å². The fourth-order valence-electron chi connectivity index (χ4n) is 1.69. The van der Waals surface area contributed by atoms with Crippen LogP contribution in [0.1, 0.15) is 15.9 Å². The minimum absolute atomic E-state index is 0.0610. The largest absolute Gasteiger partial charge is 0.478 e. The summed E-state index contributed by atoms with van der Waals surface area (Å²) in [6.07, 6.45) is 0. The smallest absolute Gasteiger partial charge is 0.338 e. The van der Waals surface area contributed by atoms with Gasteiger partial charge in [0.05, 0.1) is 10.5 Å². The molecule has 7 heteroatoms. The molecule has 0 saturated carbocycles. The molecule has 0 aliphatic carbocycles. The van der Waals surface area contributed by atoms with Gasteiger partial charge in [0.1, 0.15) is 5.82 Å². The zero-order valence-corrected chi connectivity index (χ0v) is 11.6. The Kier molecular flexibility index (Phi) is 4.35. The Morgan fingerprint density at radius 2 is 1.81 bits per heavy atom. The van der Waals surface area contributed by atoms with Crippen LogP contribution in [-0.2, 0) is 16.6 Å². The molecule has 2 rings (SSSR count). The molecule has 2 aromatic carbocycles. The van der Waals surface area contributed by atoms with Gasteiger partial charge in [0.2, 0.25) is 10.0 Å². The maximum absolute atomic E-state index is 13.5. The van der Waals surface area contributed by atoms with E-state index in [2.05, 4.69) is 4.72 Å². The van der Waals surface area contributed by atoms with Crippen LogP contribution < -0.4 is 4.72 Å². The normalized spacial score (nSPS) is 11.3. The number of hydrogen-bond donors (Lipinski definition) is 2. The third-order valence-electron chi connectivity index (χ3n) is 2.79. The molecule has 2 N–H and O–H groups in total. The maximum Gasteiger partial charge on any atom is 0.338 e. The number of nitrogens with one attached hydrogen (secondary N) is 1. The summed E-state index contributed by atoms with van der Waals surface area (Å²) in [5.41, 5.74) is 0.181. The average molecular weight is 309 g/mol. The third-order valence-corrected chi connectivity index (χ3v) is 4.19. The van der Waals surface area contributed by atoms with Gasteiger partial charge < -0.3 is 5.11 Å². The van der Waals surface area contributed by atoms with Gasteiger partial charge in [-0.3, -0.25) is 0 Å². The topological polar surface area (TPSA) is 83.5 Å². The molecule has 0 aromatic heterocycles. The van der Waals surface area contributed by atoms with Crippen molar-refractivity contribution >= 4 is 16.0 Å². The predicted octanol–water partition coefficient (Wildman–Crippen LogP) is 2.00. The fraction of sp³-hybridized carbons (Fsp3) is 0.0714.